The monoisotopic (exact) mass is 257 g/mol. The third-order valence-electron chi connectivity index (χ3n) is 3.28. The number of rotatable bonds is 5. The highest BCUT2D eigenvalue weighted by Crippen LogP contribution is 2.29. The summed E-state index contributed by atoms with van der Waals surface area (Å²) in [6, 6.07) is 0. The van der Waals surface area contributed by atoms with Crippen LogP contribution in [0.3, 0.4) is 0 Å². The van der Waals surface area contributed by atoms with Crippen molar-refractivity contribution >= 4 is 12.1 Å². The Balaban J connectivity index is 2.31. The van der Waals surface area contributed by atoms with Gasteiger partial charge in [-0.25, -0.2) is 4.79 Å². The molecular weight excluding hydrogens is 234 g/mol. The van der Waals surface area contributed by atoms with Gasteiger partial charge >= 0.3 is 12.1 Å². The molecule has 0 saturated heterocycles. The van der Waals surface area contributed by atoms with Crippen LogP contribution in [0.2, 0.25) is 0 Å². The van der Waals surface area contributed by atoms with E-state index in [4.69, 9.17) is 9.84 Å². The van der Waals surface area contributed by atoms with Crippen LogP contribution in [-0.2, 0) is 9.53 Å². The van der Waals surface area contributed by atoms with E-state index in [9.17, 15) is 9.59 Å². The highest BCUT2D eigenvalue weighted by molar-refractivity contribution is 5.71. The summed E-state index contributed by atoms with van der Waals surface area (Å²) >= 11 is 0. The van der Waals surface area contributed by atoms with Crippen molar-refractivity contribution < 1.29 is 19.4 Å². The molecule has 104 valence electrons. The minimum absolute atomic E-state index is 0.0304. The van der Waals surface area contributed by atoms with Crippen LogP contribution in [0.5, 0.6) is 0 Å². The third kappa shape index (κ3) is 4.94. The van der Waals surface area contributed by atoms with Crippen LogP contribution >= 0.6 is 0 Å². The van der Waals surface area contributed by atoms with Crippen LogP contribution in [0.4, 0.5) is 4.79 Å². The predicted octanol–water partition coefficient (Wildman–Crippen LogP) is 2.26. The van der Waals surface area contributed by atoms with E-state index in [1.807, 2.05) is 13.8 Å². The molecular formula is C13H23NO4. The summed E-state index contributed by atoms with van der Waals surface area (Å²) in [6.07, 6.45) is 3.13. The van der Waals surface area contributed by atoms with Crippen LogP contribution in [0.1, 0.15) is 39.5 Å². The molecule has 1 rings (SSSR count). The van der Waals surface area contributed by atoms with Gasteiger partial charge < -0.3 is 15.2 Å². The van der Waals surface area contributed by atoms with Gasteiger partial charge in [0, 0.05) is 6.54 Å². The first-order chi connectivity index (χ1) is 8.50. The van der Waals surface area contributed by atoms with Gasteiger partial charge in [0.1, 0.15) is 0 Å². The lowest BCUT2D eigenvalue weighted by Gasteiger charge is -2.28. The first-order valence-corrected chi connectivity index (χ1v) is 6.64. The minimum atomic E-state index is -0.753. The summed E-state index contributed by atoms with van der Waals surface area (Å²) in [5.41, 5.74) is 0. The van der Waals surface area contributed by atoms with E-state index >= 15 is 0 Å². The molecule has 0 aromatic rings. The fourth-order valence-corrected chi connectivity index (χ4v) is 2.28. The molecule has 1 aliphatic carbocycles. The van der Waals surface area contributed by atoms with Crippen LogP contribution < -0.4 is 5.32 Å². The summed E-state index contributed by atoms with van der Waals surface area (Å²) in [6.45, 7) is 4.72. The molecule has 2 N–H and O–H groups in total. The van der Waals surface area contributed by atoms with E-state index in [1.54, 1.807) is 0 Å². The highest BCUT2D eigenvalue weighted by atomic mass is 16.5. The lowest BCUT2D eigenvalue weighted by molar-refractivity contribution is -0.144. The number of aliphatic carboxylic acids is 1. The molecule has 0 aliphatic heterocycles. The Morgan fingerprint density at radius 2 is 2.00 bits per heavy atom. The molecule has 0 aromatic heterocycles. The second-order valence-electron chi connectivity index (χ2n) is 5.36. The van der Waals surface area contributed by atoms with E-state index in [2.05, 4.69) is 5.32 Å². The zero-order chi connectivity index (χ0) is 13.5. The fourth-order valence-electron chi connectivity index (χ4n) is 2.28. The number of ether oxygens (including phenoxy) is 1. The van der Waals surface area contributed by atoms with Crippen molar-refractivity contribution in [1.82, 2.24) is 5.32 Å². The number of carboxylic acid groups (broad SMARTS) is 1. The van der Waals surface area contributed by atoms with Gasteiger partial charge in [0.05, 0.1) is 12.5 Å². The van der Waals surface area contributed by atoms with Gasteiger partial charge in [0.15, 0.2) is 0 Å². The lowest BCUT2D eigenvalue weighted by Crippen LogP contribution is -2.37. The first-order valence-electron chi connectivity index (χ1n) is 6.64. The molecule has 2 atom stereocenters. The zero-order valence-corrected chi connectivity index (χ0v) is 11.1. The van der Waals surface area contributed by atoms with Crippen LogP contribution in [-0.4, -0.2) is 30.3 Å². The smallest absolute Gasteiger partial charge is 0.407 e. The molecule has 18 heavy (non-hydrogen) atoms. The highest BCUT2D eigenvalue weighted by Gasteiger charge is 2.30. The van der Waals surface area contributed by atoms with Gasteiger partial charge in [0.25, 0.3) is 0 Å². The van der Waals surface area contributed by atoms with Crippen LogP contribution in [0.25, 0.3) is 0 Å². The SMILES string of the molecule is CC(C)COC(=O)NC[C@@H]1CCCC[C@@H]1C(=O)O. The number of nitrogens with one attached hydrogen (secondary N) is 1. The van der Waals surface area contributed by atoms with Gasteiger partial charge in [-0.3, -0.25) is 4.79 Å². The number of carboxylic acids is 1. The van der Waals surface area contributed by atoms with Crippen LogP contribution in [0.15, 0.2) is 0 Å². The summed E-state index contributed by atoms with van der Waals surface area (Å²) in [5, 5.41) is 11.8. The molecule has 0 aromatic carbocycles. The Kier molecular flexibility index (Phi) is 5.95. The number of carbonyl (C=O) groups is 2. The number of carbonyl (C=O) groups excluding carboxylic acids is 1. The molecule has 0 heterocycles. The Hall–Kier alpha value is -1.26. The van der Waals surface area contributed by atoms with Crippen molar-refractivity contribution in [2.24, 2.45) is 17.8 Å². The Bertz CT molecular complexity index is 291. The quantitative estimate of drug-likeness (QED) is 0.792. The molecule has 5 nitrogen and oxygen atoms in total. The maximum atomic E-state index is 11.4. The average Bonchev–Trinajstić information content (AvgIpc) is 2.34. The maximum absolute atomic E-state index is 11.4. The minimum Gasteiger partial charge on any atom is -0.481 e. The summed E-state index contributed by atoms with van der Waals surface area (Å²) in [7, 11) is 0. The topological polar surface area (TPSA) is 75.6 Å². The first kappa shape index (κ1) is 14.8. The maximum Gasteiger partial charge on any atom is 0.407 e. The second-order valence-corrected chi connectivity index (χ2v) is 5.36. The van der Waals surface area contributed by atoms with Crippen molar-refractivity contribution in [1.29, 1.82) is 0 Å². The van der Waals surface area contributed by atoms with Gasteiger partial charge in [-0.15, -0.1) is 0 Å². The second kappa shape index (κ2) is 7.24. The Morgan fingerprint density at radius 3 is 2.61 bits per heavy atom. The predicted molar refractivity (Wildman–Crippen MR) is 67.3 cm³/mol. The molecule has 1 saturated carbocycles. The summed E-state index contributed by atoms with van der Waals surface area (Å²) < 4.78 is 4.99. The van der Waals surface area contributed by atoms with Crippen molar-refractivity contribution in [3.05, 3.63) is 0 Å². The normalized spacial score (nSPS) is 23.7. The van der Waals surface area contributed by atoms with Gasteiger partial charge in [0.2, 0.25) is 0 Å². The molecule has 1 fully saturated rings. The molecule has 0 radical (unpaired) electrons. The Labute approximate surface area is 108 Å². The van der Waals surface area contributed by atoms with E-state index < -0.39 is 12.1 Å². The molecule has 0 unspecified atom stereocenters. The van der Waals surface area contributed by atoms with E-state index in [-0.39, 0.29) is 11.8 Å². The number of amides is 1. The number of alkyl carbamates (subject to hydrolysis) is 1. The van der Waals surface area contributed by atoms with Gasteiger partial charge in [-0.05, 0) is 24.7 Å². The number of hydrogen-bond acceptors (Lipinski definition) is 3. The van der Waals surface area contributed by atoms with Gasteiger partial charge in [-0.1, -0.05) is 26.7 Å². The zero-order valence-electron chi connectivity index (χ0n) is 11.1. The molecule has 0 bridgehead atoms. The fraction of sp³-hybridized carbons (Fsp3) is 0.846. The number of hydrogen-bond donors (Lipinski definition) is 2. The summed E-state index contributed by atoms with van der Waals surface area (Å²) in [5.74, 6) is -0.749. The van der Waals surface area contributed by atoms with E-state index in [1.165, 1.54) is 0 Å². The van der Waals surface area contributed by atoms with Crippen molar-refractivity contribution in [3.63, 3.8) is 0 Å². The molecule has 0 spiro atoms. The van der Waals surface area contributed by atoms with Crippen molar-refractivity contribution in [2.45, 2.75) is 39.5 Å². The molecule has 1 amide bonds. The Morgan fingerprint density at radius 1 is 1.33 bits per heavy atom. The average molecular weight is 257 g/mol. The molecule has 5 heteroatoms. The van der Waals surface area contributed by atoms with Crippen molar-refractivity contribution in [2.75, 3.05) is 13.2 Å². The summed E-state index contributed by atoms with van der Waals surface area (Å²) in [4.78, 5) is 22.5. The third-order valence-corrected chi connectivity index (χ3v) is 3.28. The molecule has 1 aliphatic rings. The van der Waals surface area contributed by atoms with E-state index in [0.29, 0.717) is 25.5 Å². The van der Waals surface area contributed by atoms with Gasteiger partial charge in [-0.2, -0.15) is 0 Å². The van der Waals surface area contributed by atoms with Crippen LogP contribution in [0, 0.1) is 17.8 Å². The van der Waals surface area contributed by atoms with E-state index in [0.717, 1.165) is 19.3 Å². The largest absolute Gasteiger partial charge is 0.481 e. The van der Waals surface area contributed by atoms with Crippen molar-refractivity contribution in [3.8, 4) is 0 Å². The standard InChI is InChI=1S/C13H23NO4/c1-9(2)8-18-13(17)14-7-10-5-3-4-6-11(10)12(15)16/h9-11H,3-8H2,1-2H3,(H,14,17)(H,15,16)/t10-,11-/m0/s1. The lowest BCUT2D eigenvalue weighted by atomic mass is 9.79.